The van der Waals surface area contributed by atoms with Crippen molar-refractivity contribution in [3.05, 3.63) is 104 Å². The second kappa shape index (κ2) is 9.85. The maximum absolute atomic E-state index is 13.2. The number of carbonyl (C=O) groups is 1. The molecular formula is C23H17ClN4O4S. The summed E-state index contributed by atoms with van der Waals surface area (Å²) in [6.07, 6.45) is 0. The van der Waals surface area contributed by atoms with Crippen molar-refractivity contribution in [1.82, 2.24) is 9.55 Å². The van der Waals surface area contributed by atoms with Crippen LogP contribution < -0.4 is 10.9 Å². The van der Waals surface area contributed by atoms with E-state index in [2.05, 4.69) is 10.3 Å². The van der Waals surface area contributed by atoms with E-state index in [-0.39, 0.29) is 27.7 Å². The molecule has 1 heterocycles. The minimum atomic E-state index is -0.617. The molecular weight excluding hydrogens is 464 g/mol. The fourth-order valence-electron chi connectivity index (χ4n) is 3.22. The Morgan fingerprint density at radius 3 is 2.58 bits per heavy atom. The Balaban J connectivity index is 1.58. The Morgan fingerprint density at radius 1 is 1.09 bits per heavy atom. The zero-order valence-electron chi connectivity index (χ0n) is 17.1. The summed E-state index contributed by atoms with van der Waals surface area (Å²) in [7, 11) is 0. The molecule has 4 rings (SSSR count). The van der Waals surface area contributed by atoms with Gasteiger partial charge in [-0.2, -0.15) is 0 Å². The van der Waals surface area contributed by atoms with Gasteiger partial charge in [-0.3, -0.25) is 24.3 Å². The van der Waals surface area contributed by atoms with E-state index in [4.69, 9.17) is 11.6 Å². The summed E-state index contributed by atoms with van der Waals surface area (Å²) < 4.78 is 1.54. The number of anilines is 1. The van der Waals surface area contributed by atoms with Gasteiger partial charge in [0.15, 0.2) is 5.16 Å². The van der Waals surface area contributed by atoms with Crippen LogP contribution in [-0.2, 0) is 11.3 Å². The lowest BCUT2D eigenvalue weighted by Crippen LogP contribution is -2.24. The summed E-state index contributed by atoms with van der Waals surface area (Å²) >= 11 is 6.93. The van der Waals surface area contributed by atoms with Gasteiger partial charge in [-0.15, -0.1) is 0 Å². The van der Waals surface area contributed by atoms with Crippen LogP contribution in [0.25, 0.3) is 10.9 Å². The Labute approximate surface area is 197 Å². The number of hydrogen-bond donors (Lipinski definition) is 1. The average molecular weight is 481 g/mol. The maximum Gasteiger partial charge on any atom is 0.289 e. The van der Waals surface area contributed by atoms with E-state index in [0.29, 0.717) is 22.6 Å². The van der Waals surface area contributed by atoms with Crippen LogP contribution in [0.3, 0.4) is 0 Å². The number of nitro groups is 1. The Kier molecular flexibility index (Phi) is 6.71. The molecule has 0 unspecified atom stereocenters. The fourth-order valence-corrected chi connectivity index (χ4v) is 4.21. The van der Waals surface area contributed by atoms with Crippen LogP contribution in [0.15, 0.2) is 82.7 Å². The van der Waals surface area contributed by atoms with Gasteiger partial charge in [0.25, 0.3) is 11.2 Å². The molecule has 1 aromatic heterocycles. The highest BCUT2D eigenvalue weighted by atomic mass is 35.5. The van der Waals surface area contributed by atoms with E-state index in [1.165, 1.54) is 18.2 Å². The summed E-state index contributed by atoms with van der Waals surface area (Å²) in [5.74, 6) is -0.444. The third kappa shape index (κ3) is 5.21. The minimum absolute atomic E-state index is 0.0160. The lowest BCUT2D eigenvalue weighted by Gasteiger charge is -2.13. The zero-order valence-corrected chi connectivity index (χ0v) is 18.7. The van der Waals surface area contributed by atoms with Crippen molar-refractivity contribution >= 4 is 51.5 Å². The number of nitrogens with one attached hydrogen (secondary N) is 1. The molecule has 0 radical (unpaired) electrons. The molecule has 0 aliphatic carbocycles. The van der Waals surface area contributed by atoms with E-state index in [9.17, 15) is 19.7 Å². The first-order valence-corrected chi connectivity index (χ1v) is 11.2. The lowest BCUT2D eigenvalue weighted by atomic mass is 10.2. The molecule has 10 heteroatoms. The predicted octanol–water partition coefficient (Wildman–Crippen LogP) is 4.74. The van der Waals surface area contributed by atoms with Crippen molar-refractivity contribution in [2.24, 2.45) is 0 Å². The highest BCUT2D eigenvalue weighted by Gasteiger charge is 2.16. The Hall–Kier alpha value is -3.69. The number of amides is 1. The first kappa shape index (κ1) is 22.5. The topological polar surface area (TPSA) is 107 Å². The van der Waals surface area contributed by atoms with E-state index in [0.717, 1.165) is 17.3 Å². The molecule has 0 aliphatic rings. The first-order chi connectivity index (χ1) is 15.9. The van der Waals surface area contributed by atoms with Crippen LogP contribution in [0, 0.1) is 10.1 Å². The van der Waals surface area contributed by atoms with Crippen LogP contribution >= 0.6 is 23.4 Å². The molecule has 0 saturated heterocycles. The average Bonchev–Trinajstić information content (AvgIpc) is 2.81. The predicted molar refractivity (Wildman–Crippen MR) is 129 cm³/mol. The molecule has 3 aromatic carbocycles. The molecule has 0 aliphatic heterocycles. The number of hydrogen-bond acceptors (Lipinski definition) is 6. The van der Waals surface area contributed by atoms with Gasteiger partial charge in [-0.05, 0) is 29.8 Å². The number of benzene rings is 3. The van der Waals surface area contributed by atoms with Crippen molar-refractivity contribution in [2.75, 3.05) is 11.1 Å². The van der Waals surface area contributed by atoms with Crippen LogP contribution in [-0.4, -0.2) is 26.1 Å². The van der Waals surface area contributed by atoms with E-state index in [1.807, 2.05) is 30.3 Å². The lowest BCUT2D eigenvalue weighted by molar-refractivity contribution is -0.384. The van der Waals surface area contributed by atoms with Gasteiger partial charge in [-0.1, -0.05) is 65.8 Å². The van der Waals surface area contributed by atoms with Crippen molar-refractivity contribution in [3.63, 3.8) is 0 Å². The van der Waals surface area contributed by atoms with Crippen LogP contribution in [0.4, 0.5) is 11.4 Å². The number of rotatable bonds is 7. The molecule has 0 fully saturated rings. The number of nitro benzene ring substituents is 1. The zero-order chi connectivity index (χ0) is 23.4. The van der Waals surface area contributed by atoms with Gasteiger partial charge < -0.3 is 5.32 Å². The minimum Gasteiger partial charge on any atom is -0.325 e. The summed E-state index contributed by atoms with van der Waals surface area (Å²) in [6, 6.07) is 20.6. The quantitative estimate of drug-likeness (QED) is 0.177. The maximum atomic E-state index is 13.2. The van der Waals surface area contributed by atoms with Crippen molar-refractivity contribution < 1.29 is 9.72 Å². The first-order valence-electron chi connectivity index (χ1n) is 9.82. The molecule has 0 bridgehead atoms. The Bertz CT molecular complexity index is 1410. The summed E-state index contributed by atoms with van der Waals surface area (Å²) in [4.78, 5) is 40.7. The van der Waals surface area contributed by atoms with Crippen molar-refractivity contribution in [2.45, 2.75) is 11.7 Å². The van der Waals surface area contributed by atoms with Gasteiger partial charge in [-0.25, -0.2) is 4.98 Å². The number of nitrogens with zero attached hydrogens (tertiary/aromatic N) is 3. The molecule has 166 valence electrons. The van der Waals surface area contributed by atoms with Gasteiger partial charge in [0.05, 0.1) is 28.1 Å². The second-order valence-corrected chi connectivity index (χ2v) is 8.40. The third-order valence-electron chi connectivity index (χ3n) is 4.77. The summed E-state index contributed by atoms with van der Waals surface area (Å²) in [6.45, 7) is 0.310. The van der Waals surface area contributed by atoms with Crippen molar-refractivity contribution in [1.29, 1.82) is 0 Å². The van der Waals surface area contributed by atoms with Gasteiger partial charge in [0.1, 0.15) is 5.02 Å². The third-order valence-corrected chi connectivity index (χ3v) is 6.07. The molecule has 1 N–H and O–H groups in total. The summed E-state index contributed by atoms with van der Waals surface area (Å²) in [5.41, 5.74) is 1.24. The molecule has 0 atom stereocenters. The SMILES string of the molecule is O=C(CSc1nc2ccccc2c(=O)n1Cc1ccccc1)Nc1ccc(Cl)c([N+](=O)[O-])c1. The molecule has 0 spiro atoms. The fraction of sp³-hybridized carbons (Fsp3) is 0.0870. The largest absolute Gasteiger partial charge is 0.325 e. The molecule has 1 amide bonds. The molecule has 4 aromatic rings. The van der Waals surface area contributed by atoms with Crippen LogP contribution in [0.1, 0.15) is 5.56 Å². The smallest absolute Gasteiger partial charge is 0.289 e. The normalized spacial score (nSPS) is 10.8. The number of thioether (sulfide) groups is 1. The highest BCUT2D eigenvalue weighted by molar-refractivity contribution is 7.99. The number of fused-ring (bicyclic) bond motifs is 1. The molecule has 8 nitrogen and oxygen atoms in total. The van der Waals surface area contributed by atoms with E-state index >= 15 is 0 Å². The number of carbonyl (C=O) groups excluding carboxylic acids is 1. The highest BCUT2D eigenvalue weighted by Crippen LogP contribution is 2.27. The second-order valence-electron chi connectivity index (χ2n) is 7.05. The van der Waals surface area contributed by atoms with Gasteiger partial charge >= 0.3 is 0 Å². The van der Waals surface area contributed by atoms with Gasteiger partial charge in [0, 0.05) is 11.8 Å². The number of halogens is 1. The molecule has 0 saturated carbocycles. The standard InChI is InChI=1S/C23H17ClN4O4S/c24-18-11-10-16(12-20(18)28(31)32)25-21(29)14-33-23-26-19-9-5-4-8-17(19)22(30)27(23)13-15-6-2-1-3-7-15/h1-12H,13-14H2,(H,25,29). The Morgan fingerprint density at radius 2 is 1.82 bits per heavy atom. The number of para-hydroxylation sites is 1. The van der Waals surface area contributed by atoms with Gasteiger partial charge in [0.2, 0.25) is 5.91 Å². The van der Waals surface area contributed by atoms with E-state index in [1.54, 1.807) is 28.8 Å². The van der Waals surface area contributed by atoms with Crippen LogP contribution in [0.5, 0.6) is 0 Å². The van der Waals surface area contributed by atoms with Crippen LogP contribution in [0.2, 0.25) is 5.02 Å². The number of aromatic nitrogens is 2. The monoisotopic (exact) mass is 480 g/mol. The van der Waals surface area contributed by atoms with E-state index < -0.39 is 10.8 Å². The van der Waals surface area contributed by atoms with Crippen molar-refractivity contribution in [3.8, 4) is 0 Å². The molecule has 33 heavy (non-hydrogen) atoms. The summed E-state index contributed by atoms with van der Waals surface area (Å²) in [5, 5.41) is 14.6.